The number of carbonyl (C=O) groups is 1. The minimum atomic E-state index is -0.887. The Morgan fingerprint density at radius 1 is 1.56 bits per heavy atom. The Labute approximate surface area is 96.2 Å². The number of β-amino-alcohol motifs (C(OH)–C–C–N with tert-alkyl or cyclic N) is 1. The molecule has 0 radical (unpaired) electrons. The lowest BCUT2D eigenvalue weighted by Gasteiger charge is -2.27. The standard InChI is InChI=1S/C11H22N2O3/c1-2-3-4-5-10(12)13-7-8(14)6-9(13)11(15)16/h8-10,14H,2-7,12H2,1H3,(H,15,16). The van der Waals surface area contributed by atoms with Crippen LogP contribution in [0.25, 0.3) is 0 Å². The molecule has 0 aromatic rings. The monoisotopic (exact) mass is 230 g/mol. The van der Waals surface area contributed by atoms with Gasteiger partial charge in [0.05, 0.1) is 12.3 Å². The molecular weight excluding hydrogens is 208 g/mol. The first-order valence-corrected chi connectivity index (χ1v) is 5.98. The molecule has 1 rings (SSSR count). The van der Waals surface area contributed by atoms with Gasteiger partial charge in [0, 0.05) is 13.0 Å². The maximum Gasteiger partial charge on any atom is 0.321 e. The van der Waals surface area contributed by atoms with E-state index in [1.54, 1.807) is 4.90 Å². The van der Waals surface area contributed by atoms with Crippen molar-refractivity contribution in [3.8, 4) is 0 Å². The summed E-state index contributed by atoms with van der Waals surface area (Å²) in [7, 11) is 0. The van der Waals surface area contributed by atoms with E-state index in [0.29, 0.717) is 6.54 Å². The van der Waals surface area contributed by atoms with Gasteiger partial charge >= 0.3 is 5.97 Å². The molecule has 4 N–H and O–H groups in total. The van der Waals surface area contributed by atoms with Crippen molar-refractivity contribution in [2.24, 2.45) is 5.73 Å². The fourth-order valence-corrected chi connectivity index (χ4v) is 2.22. The summed E-state index contributed by atoms with van der Waals surface area (Å²) in [4.78, 5) is 12.7. The van der Waals surface area contributed by atoms with Crippen LogP contribution >= 0.6 is 0 Å². The number of hydrogen-bond acceptors (Lipinski definition) is 4. The van der Waals surface area contributed by atoms with Crippen molar-refractivity contribution < 1.29 is 15.0 Å². The van der Waals surface area contributed by atoms with Gasteiger partial charge in [-0.1, -0.05) is 26.2 Å². The van der Waals surface area contributed by atoms with E-state index in [1.807, 2.05) is 0 Å². The minimum Gasteiger partial charge on any atom is -0.480 e. The average Bonchev–Trinajstić information content (AvgIpc) is 2.61. The molecular formula is C11H22N2O3. The van der Waals surface area contributed by atoms with E-state index < -0.39 is 18.1 Å². The van der Waals surface area contributed by atoms with Crippen LogP contribution in [-0.4, -0.2) is 45.9 Å². The van der Waals surface area contributed by atoms with E-state index >= 15 is 0 Å². The summed E-state index contributed by atoms with van der Waals surface area (Å²) < 4.78 is 0. The van der Waals surface area contributed by atoms with Crippen LogP contribution in [-0.2, 0) is 4.79 Å². The second kappa shape index (κ2) is 6.18. The van der Waals surface area contributed by atoms with Crippen LogP contribution in [0.2, 0.25) is 0 Å². The van der Waals surface area contributed by atoms with Crippen LogP contribution < -0.4 is 5.73 Å². The van der Waals surface area contributed by atoms with Crippen molar-refractivity contribution in [2.45, 2.75) is 57.3 Å². The van der Waals surface area contributed by atoms with Crippen LogP contribution in [0.3, 0.4) is 0 Å². The van der Waals surface area contributed by atoms with Crippen molar-refractivity contribution in [1.29, 1.82) is 0 Å². The van der Waals surface area contributed by atoms with Gasteiger partial charge in [-0.2, -0.15) is 0 Å². The molecule has 5 nitrogen and oxygen atoms in total. The number of likely N-dealkylation sites (tertiary alicyclic amines) is 1. The van der Waals surface area contributed by atoms with E-state index in [-0.39, 0.29) is 12.6 Å². The van der Waals surface area contributed by atoms with Gasteiger partial charge in [0.1, 0.15) is 6.04 Å². The maximum absolute atomic E-state index is 11.0. The normalized spacial score (nSPS) is 28.2. The third-order valence-electron chi connectivity index (χ3n) is 3.13. The summed E-state index contributed by atoms with van der Waals surface area (Å²) in [5.74, 6) is -0.887. The van der Waals surface area contributed by atoms with Crippen LogP contribution in [0, 0.1) is 0 Å². The molecule has 16 heavy (non-hydrogen) atoms. The van der Waals surface area contributed by atoms with E-state index in [9.17, 15) is 9.90 Å². The lowest BCUT2D eigenvalue weighted by atomic mass is 10.1. The number of nitrogens with zero attached hydrogens (tertiary/aromatic N) is 1. The molecule has 1 saturated heterocycles. The predicted molar refractivity (Wildman–Crippen MR) is 60.9 cm³/mol. The highest BCUT2D eigenvalue weighted by Crippen LogP contribution is 2.21. The van der Waals surface area contributed by atoms with Gasteiger partial charge < -0.3 is 15.9 Å². The Balaban J connectivity index is 2.46. The number of nitrogens with two attached hydrogens (primary N) is 1. The largest absolute Gasteiger partial charge is 0.480 e. The average molecular weight is 230 g/mol. The molecule has 0 aliphatic carbocycles. The molecule has 3 unspecified atom stereocenters. The van der Waals surface area contributed by atoms with Gasteiger partial charge in [-0.15, -0.1) is 0 Å². The summed E-state index contributed by atoms with van der Waals surface area (Å²) in [5.41, 5.74) is 5.96. The molecule has 1 heterocycles. The summed E-state index contributed by atoms with van der Waals surface area (Å²) >= 11 is 0. The van der Waals surface area contributed by atoms with Crippen molar-refractivity contribution in [3.63, 3.8) is 0 Å². The molecule has 1 aliphatic heterocycles. The number of hydrogen-bond donors (Lipinski definition) is 3. The van der Waals surface area contributed by atoms with Crippen molar-refractivity contribution in [3.05, 3.63) is 0 Å². The van der Waals surface area contributed by atoms with Gasteiger partial charge in [-0.05, 0) is 6.42 Å². The molecule has 0 aromatic heterocycles. The number of aliphatic hydroxyl groups is 1. The molecule has 0 spiro atoms. The smallest absolute Gasteiger partial charge is 0.321 e. The van der Waals surface area contributed by atoms with Crippen molar-refractivity contribution >= 4 is 5.97 Å². The molecule has 1 fully saturated rings. The van der Waals surface area contributed by atoms with Crippen molar-refractivity contribution in [1.82, 2.24) is 4.90 Å². The van der Waals surface area contributed by atoms with Gasteiger partial charge in [0.2, 0.25) is 0 Å². The minimum absolute atomic E-state index is 0.246. The fourth-order valence-electron chi connectivity index (χ4n) is 2.22. The number of carboxylic acids is 1. The molecule has 0 bridgehead atoms. The Morgan fingerprint density at radius 3 is 2.81 bits per heavy atom. The topological polar surface area (TPSA) is 86.8 Å². The molecule has 94 valence electrons. The first-order valence-electron chi connectivity index (χ1n) is 5.98. The quantitative estimate of drug-likeness (QED) is 0.574. The lowest BCUT2D eigenvalue weighted by Crippen LogP contribution is -2.48. The van der Waals surface area contributed by atoms with Gasteiger partial charge in [0.25, 0.3) is 0 Å². The molecule has 0 saturated carbocycles. The SMILES string of the molecule is CCCCCC(N)N1CC(O)CC1C(=O)O. The summed E-state index contributed by atoms with van der Waals surface area (Å²) in [6.07, 6.45) is 3.53. The fraction of sp³-hybridized carbons (Fsp3) is 0.909. The molecule has 3 atom stereocenters. The number of aliphatic carboxylic acids is 1. The van der Waals surface area contributed by atoms with Crippen LogP contribution in [0.15, 0.2) is 0 Å². The third-order valence-corrected chi connectivity index (χ3v) is 3.13. The lowest BCUT2D eigenvalue weighted by molar-refractivity contribution is -0.143. The van der Waals surface area contributed by atoms with Crippen molar-refractivity contribution in [2.75, 3.05) is 6.54 Å². The zero-order chi connectivity index (χ0) is 12.1. The zero-order valence-electron chi connectivity index (χ0n) is 9.80. The predicted octanol–water partition coefficient (Wildman–Crippen LogP) is 0.371. The Bertz CT molecular complexity index is 235. The van der Waals surface area contributed by atoms with E-state index in [2.05, 4.69) is 6.92 Å². The van der Waals surface area contributed by atoms with E-state index in [0.717, 1.165) is 25.7 Å². The van der Waals surface area contributed by atoms with Gasteiger partial charge in [-0.3, -0.25) is 9.69 Å². The number of carboxylic acid groups (broad SMARTS) is 1. The second-order valence-electron chi connectivity index (χ2n) is 4.50. The highest BCUT2D eigenvalue weighted by molar-refractivity contribution is 5.74. The van der Waals surface area contributed by atoms with Crippen LogP contribution in [0.4, 0.5) is 0 Å². The number of rotatable bonds is 6. The Kier molecular flexibility index (Phi) is 5.18. The zero-order valence-corrected chi connectivity index (χ0v) is 9.80. The molecule has 0 aromatic carbocycles. The summed E-state index contributed by atoms with van der Waals surface area (Å²) in [6, 6.07) is -0.619. The van der Waals surface area contributed by atoms with E-state index in [4.69, 9.17) is 10.8 Å². The molecule has 0 amide bonds. The van der Waals surface area contributed by atoms with E-state index in [1.165, 1.54) is 0 Å². The molecule has 1 aliphatic rings. The van der Waals surface area contributed by atoms with Gasteiger partial charge in [-0.25, -0.2) is 0 Å². The number of unbranched alkanes of at least 4 members (excludes halogenated alkanes) is 2. The van der Waals surface area contributed by atoms with Gasteiger partial charge in [0.15, 0.2) is 0 Å². The van der Waals surface area contributed by atoms with Crippen LogP contribution in [0.5, 0.6) is 0 Å². The van der Waals surface area contributed by atoms with Crippen LogP contribution in [0.1, 0.15) is 39.0 Å². The number of aliphatic hydroxyl groups excluding tert-OH is 1. The third kappa shape index (κ3) is 3.43. The second-order valence-corrected chi connectivity index (χ2v) is 4.50. The first kappa shape index (κ1) is 13.4. The summed E-state index contributed by atoms with van der Waals surface area (Å²) in [5, 5.41) is 18.5. The summed E-state index contributed by atoms with van der Waals surface area (Å²) in [6.45, 7) is 2.50. The highest BCUT2D eigenvalue weighted by atomic mass is 16.4. The first-order chi connectivity index (χ1) is 7.56. The highest BCUT2D eigenvalue weighted by Gasteiger charge is 2.38. The Morgan fingerprint density at radius 2 is 2.25 bits per heavy atom. The molecule has 5 heteroatoms. The Hall–Kier alpha value is -0.650. The maximum atomic E-state index is 11.0.